The van der Waals surface area contributed by atoms with Crippen LogP contribution in [0.2, 0.25) is 0 Å². The molecule has 128 valence electrons. The number of aromatic nitrogens is 1. The summed E-state index contributed by atoms with van der Waals surface area (Å²) in [5, 5.41) is 8.86. The average molecular weight is 347 g/mol. The van der Waals surface area contributed by atoms with Crippen molar-refractivity contribution in [3.8, 4) is 11.5 Å². The minimum Gasteiger partial charge on any atom is -0.486 e. The molecule has 1 atom stereocenters. The van der Waals surface area contributed by atoms with E-state index in [0.29, 0.717) is 19.8 Å². The number of nitrogens with one attached hydrogen (secondary N) is 2. The van der Waals surface area contributed by atoms with Crippen molar-refractivity contribution in [1.29, 1.82) is 0 Å². The van der Waals surface area contributed by atoms with Crippen molar-refractivity contribution in [1.82, 2.24) is 15.6 Å². The van der Waals surface area contributed by atoms with Crippen LogP contribution in [0.1, 0.15) is 29.2 Å². The van der Waals surface area contributed by atoms with E-state index in [4.69, 9.17) is 9.47 Å². The maximum atomic E-state index is 12.0. The Morgan fingerprint density at radius 2 is 2.12 bits per heavy atom. The lowest BCUT2D eigenvalue weighted by Gasteiger charge is -2.21. The molecule has 0 unspecified atom stereocenters. The lowest BCUT2D eigenvalue weighted by Crippen LogP contribution is -2.38. The summed E-state index contributed by atoms with van der Waals surface area (Å²) >= 11 is 1.62. The van der Waals surface area contributed by atoms with Crippen LogP contribution in [0, 0.1) is 6.92 Å². The van der Waals surface area contributed by atoms with Crippen LogP contribution in [0.3, 0.4) is 0 Å². The Labute approximate surface area is 145 Å². The molecule has 0 fully saturated rings. The van der Waals surface area contributed by atoms with Crippen LogP contribution < -0.4 is 20.1 Å². The molecule has 0 bridgehead atoms. The van der Waals surface area contributed by atoms with E-state index >= 15 is 0 Å². The van der Waals surface area contributed by atoms with Gasteiger partial charge in [0.05, 0.1) is 16.7 Å². The fourth-order valence-electron chi connectivity index (χ4n) is 2.49. The zero-order valence-electron chi connectivity index (χ0n) is 13.8. The summed E-state index contributed by atoms with van der Waals surface area (Å²) in [7, 11) is 0. The van der Waals surface area contributed by atoms with Gasteiger partial charge in [-0.25, -0.2) is 9.78 Å². The second-order valence-corrected chi connectivity index (χ2v) is 6.70. The summed E-state index contributed by atoms with van der Waals surface area (Å²) in [6.45, 7) is 5.59. The van der Waals surface area contributed by atoms with E-state index in [-0.39, 0.29) is 12.1 Å². The molecule has 6 nitrogen and oxygen atoms in total. The molecule has 0 radical (unpaired) electrons. The first-order valence-electron chi connectivity index (χ1n) is 7.97. The lowest BCUT2D eigenvalue weighted by atomic mass is 10.1. The highest BCUT2D eigenvalue weighted by Gasteiger charge is 2.15. The Morgan fingerprint density at radius 1 is 1.33 bits per heavy atom. The van der Waals surface area contributed by atoms with Gasteiger partial charge in [-0.1, -0.05) is 6.07 Å². The molecule has 1 aliphatic rings. The second-order valence-electron chi connectivity index (χ2n) is 5.63. The monoisotopic (exact) mass is 347 g/mol. The molecule has 1 aromatic carbocycles. The molecule has 3 rings (SSSR count). The van der Waals surface area contributed by atoms with Crippen LogP contribution in [0.5, 0.6) is 11.5 Å². The number of carbonyl (C=O) groups excluding carboxylic acids is 1. The number of thiazole rings is 1. The van der Waals surface area contributed by atoms with Gasteiger partial charge in [-0.3, -0.25) is 0 Å². The molecule has 1 aliphatic heterocycles. The van der Waals surface area contributed by atoms with Gasteiger partial charge in [-0.05, 0) is 31.5 Å². The van der Waals surface area contributed by atoms with Crippen molar-refractivity contribution in [3.63, 3.8) is 0 Å². The molecule has 24 heavy (non-hydrogen) atoms. The summed E-state index contributed by atoms with van der Waals surface area (Å²) in [6, 6.07) is 5.42. The topological polar surface area (TPSA) is 72.5 Å². The Kier molecular flexibility index (Phi) is 5.20. The molecule has 7 heteroatoms. The number of benzene rings is 1. The average Bonchev–Trinajstić information content (AvgIpc) is 2.99. The number of hydrogen-bond donors (Lipinski definition) is 2. The van der Waals surface area contributed by atoms with Crippen molar-refractivity contribution in [2.45, 2.75) is 26.3 Å². The minimum atomic E-state index is -0.190. The lowest BCUT2D eigenvalue weighted by molar-refractivity contribution is 0.171. The van der Waals surface area contributed by atoms with Crippen LogP contribution >= 0.6 is 11.3 Å². The van der Waals surface area contributed by atoms with Gasteiger partial charge >= 0.3 is 6.03 Å². The van der Waals surface area contributed by atoms with E-state index in [2.05, 4.69) is 15.6 Å². The van der Waals surface area contributed by atoms with Crippen molar-refractivity contribution in [2.75, 3.05) is 19.8 Å². The number of fused-ring (bicyclic) bond motifs is 1. The predicted octanol–water partition coefficient (Wildman–Crippen LogP) is 2.83. The van der Waals surface area contributed by atoms with Crippen LogP contribution in [0.15, 0.2) is 23.6 Å². The largest absolute Gasteiger partial charge is 0.486 e. The van der Waals surface area contributed by atoms with Crippen molar-refractivity contribution < 1.29 is 14.3 Å². The van der Waals surface area contributed by atoms with E-state index in [1.807, 2.05) is 37.4 Å². The number of rotatable bonds is 5. The van der Waals surface area contributed by atoms with Gasteiger partial charge in [0.25, 0.3) is 0 Å². The number of urea groups is 1. The predicted molar refractivity (Wildman–Crippen MR) is 92.9 cm³/mol. The Bertz CT molecular complexity index is 717. The van der Waals surface area contributed by atoms with Crippen LogP contribution in [0.4, 0.5) is 4.79 Å². The van der Waals surface area contributed by atoms with Crippen molar-refractivity contribution in [3.05, 3.63) is 39.8 Å². The third kappa shape index (κ3) is 4.17. The van der Waals surface area contributed by atoms with Crippen LogP contribution in [0.25, 0.3) is 0 Å². The third-order valence-electron chi connectivity index (χ3n) is 3.75. The maximum absolute atomic E-state index is 12.0. The van der Waals surface area contributed by atoms with Gasteiger partial charge in [0.2, 0.25) is 0 Å². The van der Waals surface area contributed by atoms with E-state index in [1.54, 1.807) is 11.3 Å². The summed E-state index contributed by atoms with van der Waals surface area (Å²) < 4.78 is 11.1. The Balaban J connectivity index is 1.48. The minimum absolute atomic E-state index is 0.123. The summed E-state index contributed by atoms with van der Waals surface area (Å²) in [5.74, 6) is 1.48. The summed E-state index contributed by atoms with van der Waals surface area (Å²) in [6.07, 6.45) is 0.732. The number of amides is 2. The third-order valence-corrected chi connectivity index (χ3v) is 4.57. The SMILES string of the molecule is Cc1nc(CCNC(=O)N[C@H](C)c2ccc3c(c2)OCCO3)cs1. The van der Waals surface area contributed by atoms with E-state index in [1.165, 1.54) is 0 Å². The standard InChI is InChI=1S/C17H21N3O3S/c1-11(13-3-4-15-16(9-13)23-8-7-22-15)19-17(21)18-6-5-14-10-24-12(2)20-14/h3-4,9-11H,5-8H2,1-2H3,(H2,18,19,21)/t11-/m1/s1. The first-order chi connectivity index (χ1) is 11.6. The Hall–Kier alpha value is -2.28. The highest BCUT2D eigenvalue weighted by atomic mass is 32.1. The highest BCUT2D eigenvalue weighted by Crippen LogP contribution is 2.32. The fraction of sp³-hybridized carbons (Fsp3) is 0.412. The van der Waals surface area contributed by atoms with E-state index < -0.39 is 0 Å². The molecule has 2 heterocycles. The molecule has 1 aromatic heterocycles. The van der Waals surface area contributed by atoms with Crippen molar-refractivity contribution >= 4 is 17.4 Å². The van der Waals surface area contributed by atoms with Crippen molar-refractivity contribution in [2.24, 2.45) is 0 Å². The van der Waals surface area contributed by atoms with Gasteiger partial charge in [-0.15, -0.1) is 11.3 Å². The zero-order valence-corrected chi connectivity index (χ0v) is 14.6. The molecule has 2 aromatic rings. The molecule has 0 aliphatic carbocycles. The van der Waals surface area contributed by atoms with Crippen LogP contribution in [-0.2, 0) is 6.42 Å². The first kappa shape index (κ1) is 16.6. The molecular formula is C17H21N3O3S. The van der Waals surface area contributed by atoms with E-state index in [9.17, 15) is 4.79 Å². The molecule has 2 N–H and O–H groups in total. The molecule has 0 spiro atoms. The van der Waals surface area contributed by atoms with Gasteiger partial charge in [0.15, 0.2) is 11.5 Å². The smallest absolute Gasteiger partial charge is 0.315 e. The summed E-state index contributed by atoms with van der Waals surface area (Å²) in [4.78, 5) is 16.4. The van der Waals surface area contributed by atoms with Gasteiger partial charge < -0.3 is 20.1 Å². The van der Waals surface area contributed by atoms with Crippen LogP contribution in [-0.4, -0.2) is 30.8 Å². The number of nitrogens with zero attached hydrogens (tertiary/aromatic N) is 1. The van der Waals surface area contributed by atoms with Gasteiger partial charge in [0.1, 0.15) is 13.2 Å². The Morgan fingerprint density at radius 3 is 2.88 bits per heavy atom. The highest BCUT2D eigenvalue weighted by molar-refractivity contribution is 7.09. The van der Waals surface area contributed by atoms with Gasteiger partial charge in [0, 0.05) is 18.3 Å². The molecular weight excluding hydrogens is 326 g/mol. The fourth-order valence-corrected chi connectivity index (χ4v) is 3.13. The number of aryl methyl sites for hydroxylation is 1. The first-order valence-corrected chi connectivity index (χ1v) is 8.84. The second kappa shape index (κ2) is 7.53. The van der Waals surface area contributed by atoms with E-state index in [0.717, 1.165) is 34.2 Å². The molecule has 0 saturated carbocycles. The number of hydrogen-bond acceptors (Lipinski definition) is 5. The normalized spacial score (nSPS) is 14.1. The molecule has 0 saturated heterocycles. The maximum Gasteiger partial charge on any atom is 0.315 e. The molecule has 2 amide bonds. The summed E-state index contributed by atoms with van der Waals surface area (Å²) in [5.41, 5.74) is 1.99. The number of ether oxygens (including phenoxy) is 2. The zero-order chi connectivity index (χ0) is 16.9. The quantitative estimate of drug-likeness (QED) is 0.872. The number of carbonyl (C=O) groups is 1. The van der Waals surface area contributed by atoms with Gasteiger partial charge in [-0.2, -0.15) is 0 Å².